The summed E-state index contributed by atoms with van der Waals surface area (Å²) in [4.78, 5) is 0. The summed E-state index contributed by atoms with van der Waals surface area (Å²) in [5.74, 6) is 0. The standard InChI is InChI=1S/C19H22ClN/c1-21-19(12-14-6-9-18(20)10-7-14)13-15-5-8-16-3-2-4-17(16)11-15/h5-11,19,21H,2-4,12-13H2,1H3. The zero-order chi connectivity index (χ0) is 14.7. The Hall–Kier alpha value is -1.31. The minimum atomic E-state index is 0.464. The quantitative estimate of drug-likeness (QED) is 0.872. The van der Waals surface area contributed by atoms with E-state index in [1.165, 1.54) is 30.4 Å². The van der Waals surface area contributed by atoms with Crippen molar-refractivity contribution in [2.75, 3.05) is 7.05 Å². The largest absolute Gasteiger partial charge is 0.316 e. The van der Waals surface area contributed by atoms with Crippen molar-refractivity contribution in [3.05, 3.63) is 69.7 Å². The first kappa shape index (κ1) is 14.6. The van der Waals surface area contributed by atoms with E-state index in [1.54, 1.807) is 11.1 Å². The van der Waals surface area contributed by atoms with Crippen LogP contribution >= 0.6 is 11.6 Å². The third-order valence-corrected chi connectivity index (χ3v) is 4.70. The van der Waals surface area contributed by atoms with Crippen LogP contribution in [0, 0.1) is 0 Å². The van der Waals surface area contributed by atoms with Crippen molar-refractivity contribution in [2.24, 2.45) is 0 Å². The number of aryl methyl sites for hydroxylation is 2. The zero-order valence-electron chi connectivity index (χ0n) is 12.5. The van der Waals surface area contributed by atoms with Gasteiger partial charge in [0.15, 0.2) is 0 Å². The third kappa shape index (κ3) is 3.66. The first-order chi connectivity index (χ1) is 10.2. The summed E-state index contributed by atoms with van der Waals surface area (Å²) in [6.45, 7) is 0. The van der Waals surface area contributed by atoms with Gasteiger partial charge in [0.1, 0.15) is 0 Å². The highest BCUT2D eigenvalue weighted by Crippen LogP contribution is 2.23. The van der Waals surface area contributed by atoms with Gasteiger partial charge in [-0.2, -0.15) is 0 Å². The summed E-state index contributed by atoms with van der Waals surface area (Å²) >= 11 is 5.95. The minimum absolute atomic E-state index is 0.464. The van der Waals surface area contributed by atoms with Gasteiger partial charge in [-0.15, -0.1) is 0 Å². The van der Waals surface area contributed by atoms with Gasteiger partial charge in [-0.3, -0.25) is 0 Å². The first-order valence-electron chi connectivity index (χ1n) is 7.77. The van der Waals surface area contributed by atoms with Gasteiger partial charge < -0.3 is 5.32 Å². The number of hydrogen-bond donors (Lipinski definition) is 1. The number of benzene rings is 2. The Balaban J connectivity index is 1.68. The molecule has 0 aliphatic heterocycles. The molecule has 0 bridgehead atoms. The molecule has 1 N–H and O–H groups in total. The van der Waals surface area contributed by atoms with E-state index in [9.17, 15) is 0 Å². The third-order valence-electron chi connectivity index (χ3n) is 4.45. The number of likely N-dealkylation sites (N-methyl/N-ethyl adjacent to an activating group) is 1. The Morgan fingerprint density at radius 3 is 2.38 bits per heavy atom. The maximum Gasteiger partial charge on any atom is 0.0406 e. The smallest absolute Gasteiger partial charge is 0.0406 e. The van der Waals surface area contributed by atoms with Crippen LogP contribution in [0.15, 0.2) is 42.5 Å². The van der Waals surface area contributed by atoms with E-state index in [2.05, 4.69) is 35.6 Å². The van der Waals surface area contributed by atoms with Gasteiger partial charge in [0.05, 0.1) is 0 Å². The van der Waals surface area contributed by atoms with E-state index in [0.29, 0.717) is 6.04 Å². The summed E-state index contributed by atoms with van der Waals surface area (Å²) in [6, 6.07) is 15.7. The highest BCUT2D eigenvalue weighted by atomic mass is 35.5. The van der Waals surface area contributed by atoms with E-state index in [0.717, 1.165) is 17.9 Å². The predicted molar refractivity (Wildman–Crippen MR) is 90.2 cm³/mol. The fourth-order valence-electron chi connectivity index (χ4n) is 3.22. The fourth-order valence-corrected chi connectivity index (χ4v) is 3.34. The fraction of sp³-hybridized carbons (Fsp3) is 0.368. The molecule has 1 unspecified atom stereocenters. The molecule has 0 aromatic heterocycles. The van der Waals surface area contributed by atoms with Gasteiger partial charge in [0, 0.05) is 11.1 Å². The van der Waals surface area contributed by atoms with Crippen molar-refractivity contribution in [1.29, 1.82) is 0 Å². The molecule has 0 fully saturated rings. The minimum Gasteiger partial charge on any atom is -0.316 e. The van der Waals surface area contributed by atoms with Gasteiger partial charge in [-0.1, -0.05) is 41.9 Å². The van der Waals surface area contributed by atoms with E-state index in [4.69, 9.17) is 11.6 Å². The average Bonchev–Trinajstić information content (AvgIpc) is 2.96. The van der Waals surface area contributed by atoms with Crippen LogP contribution in [0.4, 0.5) is 0 Å². The molecule has 3 rings (SSSR count). The van der Waals surface area contributed by atoms with E-state index in [1.807, 2.05) is 19.2 Å². The predicted octanol–water partition coefficient (Wildman–Crippen LogP) is 4.20. The van der Waals surface area contributed by atoms with Crippen LogP contribution in [0.1, 0.15) is 28.7 Å². The lowest BCUT2D eigenvalue weighted by molar-refractivity contribution is 0.556. The van der Waals surface area contributed by atoms with Crippen LogP contribution in [0.5, 0.6) is 0 Å². The molecule has 0 saturated carbocycles. The molecule has 0 spiro atoms. The average molecular weight is 300 g/mol. The molecule has 2 aromatic rings. The van der Waals surface area contributed by atoms with Crippen LogP contribution in [0.3, 0.4) is 0 Å². The summed E-state index contributed by atoms with van der Waals surface area (Å²) in [6.07, 6.45) is 5.94. The molecule has 0 saturated heterocycles. The molecular weight excluding hydrogens is 278 g/mol. The van der Waals surface area contributed by atoms with E-state index < -0.39 is 0 Å². The normalized spacial score (nSPS) is 15.0. The highest BCUT2D eigenvalue weighted by molar-refractivity contribution is 6.30. The van der Waals surface area contributed by atoms with E-state index in [-0.39, 0.29) is 0 Å². The number of fused-ring (bicyclic) bond motifs is 1. The molecule has 0 amide bonds. The highest BCUT2D eigenvalue weighted by Gasteiger charge is 2.13. The molecule has 0 heterocycles. The van der Waals surface area contributed by atoms with E-state index >= 15 is 0 Å². The topological polar surface area (TPSA) is 12.0 Å². The molecular formula is C19H22ClN. The molecule has 21 heavy (non-hydrogen) atoms. The number of rotatable bonds is 5. The summed E-state index contributed by atoms with van der Waals surface area (Å²) in [7, 11) is 2.05. The Morgan fingerprint density at radius 1 is 0.952 bits per heavy atom. The molecule has 0 radical (unpaired) electrons. The summed E-state index contributed by atoms with van der Waals surface area (Å²) in [5, 5.41) is 4.25. The molecule has 2 aromatic carbocycles. The number of nitrogens with one attached hydrogen (secondary N) is 1. The van der Waals surface area contributed by atoms with Gasteiger partial charge >= 0.3 is 0 Å². The summed E-state index contributed by atoms with van der Waals surface area (Å²) in [5.41, 5.74) is 5.90. The Kier molecular flexibility index (Phi) is 4.62. The second-order valence-corrected chi connectivity index (χ2v) is 6.41. The lowest BCUT2D eigenvalue weighted by atomic mass is 9.97. The van der Waals surface area contributed by atoms with Crippen LogP contribution in [0.2, 0.25) is 5.02 Å². The SMILES string of the molecule is CNC(Cc1ccc(Cl)cc1)Cc1ccc2c(c1)CCC2. The van der Waals surface area contributed by atoms with Crippen LogP contribution in [0.25, 0.3) is 0 Å². The van der Waals surface area contributed by atoms with Crippen LogP contribution in [-0.2, 0) is 25.7 Å². The van der Waals surface area contributed by atoms with Crippen LogP contribution in [-0.4, -0.2) is 13.1 Å². The maximum absolute atomic E-state index is 5.95. The molecule has 1 aliphatic rings. The second kappa shape index (κ2) is 6.64. The molecule has 110 valence electrons. The van der Waals surface area contributed by atoms with Gasteiger partial charge in [0.2, 0.25) is 0 Å². The Bertz CT molecular complexity index is 603. The molecule has 1 atom stereocenters. The van der Waals surface area contributed by atoms with Gasteiger partial charge in [0.25, 0.3) is 0 Å². The van der Waals surface area contributed by atoms with Crippen molar-refractivity contribution < 1.29 is 0 Å². The Labute approximate surface area is 132 Å². The van der Waals surface area contributed by atoms with Gasteiger partial charge in [-0.05, 0) is 73.5 Å². The monoisotopic (exact) mass is 299 g/mol. The van der Waals surface area contributed by atoms with Gasteiger partial charge in [-0.25, -0.2) is 0 Å². The lowest BCUT2D eigenvalue weighted by Crippen LogP contribution is -2.29. The molecule has 2 heteroatoms. The number of hydrogen-bond acceptors (Lipinski definition) is 1. The first-order valence-corrected chi connectivity index (χ1v) is 8.15. The zero-order valence-corrected chi connectivity index (χ0v) is 13.3. The number of halogens is 1. The molecule has 1 aliphatic carbocycles. The maximum atomic E-state index is 5.95. The van der Waals surface area contributed by atoms with Crippen molar-refractivity contribution in [1.82, 2.24) is 5.32 Å². The van der Waals surface area contributed by atoms with Crippen molar-refractivity contribution in [3.8, 4) is 0 Å². The lowest BCUT2D eigenvalue weighted by Gasteiger charge is -2.17. The van der Waals surface area contributed by atoms with Crippen molar-refractivity contribution >= 4 is 11.6 Å². The second-order valence-electron chi connectivity index (χ2n) is 5.98. The molecule has 1 nitrogen and oxygen atoms in total. The van der Waals surface area contributed by atoms with Crippen molar-refractivity contribution in [2.45, 2.75) is 38.1 Å². The summed E-state index contributed by atoms with van der Waals surface area (Å²) < 4.78 is 0. The van der Waals surface area contributed by atoms with Crippen molar-refractivity contribution in [3.63, 3.8) is 0 Å². The van der Waals surface area contributed by atoms with Crippen LogP contribution < -0.4 is 5.32 Å². The Morgan fingerprint density at radius 2 is 1.62 bits per heavy atom.